The molecule has 2 aromatic rings. The Bertz CT molecular complexity index is 735. The van der Waals surface area contributed by atoms with Crippen LogP contribution >= 0.6 is 0 Å². The van der Waals surface area contributed by atoms with Crippen molar-refractivity contribution in [1.82, 2.24) is 20.0 Å². The highest BCUT2D eigenvalue weighted by Crippen LogP contribution is 2.15. The fourth-order valence-corrected chi connectivity index (χ4v) is 2.65. The van der Waals surface area contributed by atoms with E-state index in [1.165, 1.54) is 4.90 Å². The van der Waals surface area contributed by atoms with Gasteiger partial charge in [-0.25, -0.2) is 0 Å². The van der Waals surface area contributed by atoms with Crippen molar-refractivity contribution >= 4 is 11.8 Å². The van der Waals surface area contributed by atoms with Crippen molar-refractivity contribution in [3.8, 4) is 0 Å². The summed E-state index contributed by atoms with van der Waals surface area (Å²) in [7, 11) is 3.33. The van der Waals surface area contributed by atoms with E-state index in [9.17, 15) is 9.59 Å². The summed E-state index contributed by atoms with van der Waals surface area (Å²) >= 11 is 0. The van der Waals surface area contributed by atoms with Crippen molar-refractivity contribution in [3.63, 3.8) is 0 Å². The number of amides is 2. The second-order valence-electron chi connectivity index (χ2n) is 6.12. The number of hydrogen-bond acceptors (Lipinski definition) is 3. The lowest BCUT2D eigenvalue weighted by atomic mass is 10.1. The molecule has 0 fully saturated rings. The fraction of sp³-hybridized carbons (Fsp3) is 0.389. The third-order valence-corrected chi connectivity index (χ3v) is 3.94. The van der Waals surface area contributed by atoms with Crippen LogP contribution in [-0.4, -0.2) is 46.6 Å². The quantitative estimate of drug-likeness (QED) is 0.909. The summed E-state index contributed by atoms with van der Waals surface area (Å²) in [5.41, 5.74) is 3.10. The molecule has 0 aliphatic rings. The molecule has 0 aliphatic carbocycles. The summed E-state index contributed by atoms with van der Waals surface area (Å²) in [6, 6.07) is 9.38. The van der Waals surface area contributed by atoms with Crippen LogP contribution in [-0.2, 0) is 11.3 Å². The maximum atomic E-state index is 12.6. The van der Waals surface area contributed by atoms with Crippen LogP contribution in [0.2, 0.25) is 0 Å². The standard InChI is InChI=1S/C18H24N4O2/c1-12-16(17(23)19-13(2)18(24)21(4)5)14(3)22(20-12)11-15-9-7-6-8-10-15/h6-10,13H,11H2,1-5H3,(H,19,23)/t13-/m1/s1. The van der Waals surface area contributed by atoms with E-state index in [1.54, 1.807) is 21.0 Å². The zero-order valence-corrected chi connectivity index (χ0v) is 14.8. The first-order valence-corrected chi connectivity index (χ1v) is 7.91. The molecule has 6 nitrogen and oxygen atoms in total. The predicted octanol–water partition coefficient (Wildman–Crippen LogP) is 1.75. The van der Waals surface area contributed by atoms with Gasteiger partial charge in [0.05, 0.1) is 17.8 Å². The molecule has 6 heteroatoms. The molecule has 0 aliphatic heterocycles. The molecule has 0 unspecified atom stereocenters. The highest BCUT2D eigenvalue weighted by molar-refractivity contribution is 5.99. The molecule has 1 heterocycles. The van der Waals surface area contributed by atoms with Gasteiger partial charge >= 0.3 is 0 Å². The number of hydrogen-bond donors (Lipinski definition) is 1. The normalized spacial score (nSPS) is 11.9. The van der Waals surface area contributed by atoms with E-state index in [2.05, 4.69) is 10.4 Å². The molecule has 1 N–H and O–H groups in total. The zero-order chi connectivity index (χ0) is 17.9. The molecule has 1 aromatic heterocycles. The van der Waals surface area contributed by atoms with Crippen molar-refractivity contribution in [1.29, 1.82) is 0 Å². The van der Waals surface area contributed by atoms with Gasteiger partial charge in [-0.3, -0.25) is 14.3 Å². The van der Waals surface area contributed by atoms with E-state index in [4.69, 9.17) is 0 Å². The lowest BCUT2D eigenvalue weighted by molar-refractivity contribution is -0.130. The van der Waals surface area contributed by atoms with Gasteiger partial charge in [0.2, 0.25) is 5.91 Å². The van der Waals surface area contributed by atoms with E-state index >= 15 is 0 Å². The second kappa shape index (κ2) is 7.29. The fourth-order valence-electron chi connectivity index (χ4n) is 2.65. The average molecular weight is 328 g/mol. The lowest BCUT2D eigenvalue weighted by Gasteiger charge is -2.18. The number of nitrogens with zero attached hydrogens (tertiary/aromatic N) is 3. The predicted molar refractivity (Wildman–Crippen MR) is 92.9 cm³/mol. The Morgan fingerprint density at radius 1 is 1.21 bits per heavy atom. The second-order valence-corrected chi connectivity index (χ2v) is 6.12. The van der Waals surface area contributed by atoms with Gasteiger partial charge in [-0.2, -0.15) is 5.10 Å². The highest BCUT2D eigenvalue weighted by Gasteiger charge is 2.23. The summed E-state index contributed by atoms with van der Waals surface area (Å²) in [6.07, 6.45) is 0. The van der Waals surface area contributed by atoms with E-state index < -0.39 is 6.04 Å². The Kier molecular flexibility index (Phi) is 5.39. The van der Waals surface area contributed by atoms with Crippen LogP contribution < -0.4 is 5.32 Å². The molecule has 0 radical (unpaired) electrons. The third-order valence-electron chi connectivity index (χ3n) is 3.94. The van der Waals surface area contributed by atoms with Gasteiger partial charge in [-0.15, -0.1) is 0 Å². The smallest absolute Gasteiger partial charge is 0.255 e. The van der Waals surface area contributed by atoms with Crippen LogP contribution in [0.1, 0.15) is 34.2 Å². The van der Waals surface area contributed by atoms with Gasteiger partial charge in [0.25, 0.3) is 5.91 Å². The molecule has 2 rings (SSSR count). The number of rotatable bonds is 5. The van der Waals surface area contributed by atoms with E-state index in [-0.39, 0.29) is 11.8 Å². The number of likely N-dealkylation sites (N-methyl/N-ethyl adjacent to an activating group) is 1. The lowest BCUT2D eigenvalue weighted by Crippen LogP contribution is -2.44. The Morgan fingerprint density at radius 2 is 1.83 bits per heavy atom. The molecule has 2 amide bonds. The molecule has 1 atom stereocenters. The Hall–Kier alpha value is -2.63. The van der Waals surface area contributed by atoms with E-state index in [1.807, 2.05) is 48.9 Å². The molecule has 0 saturated carbocycles. The van der Waals surface area contributed by atoms with E-state index in [0.717, 1.165) is 11.3 Å². The minimum atomic E-state index is -0.580. The molecular formula is C18H24N4O2. The van der Waals surface area contributed by atoms with Crippen LogP contribution in [0.4, 0.5) is 0 Å². The van der Waals surface area contributed by atoms with Crippen LogP contribution in [0.25, 0.3) is 0 Å². The molecule has 0 saturated heterocycles. The van der Waals surface area contributed by atoms with Gasteiger partial charge < -0.3 is 10.2 Å². The Labute approximate surface area is 142 Å². The first kappa shape index (κ1) is 17.7. The van der Waals surface area contributed by atoms with Crippen molar-refractivity contribution in [3.05, 3.63) is 52.8 Å². The first-order chi connectivity index (χ1) is 11.3. The van der Waals surface area contributed by atoms with Gasteiger partial charge in [0, 0.05) is 19.8 Å². The Morgan fingerprint density at radius 3 is 2.42 bits per heavy atom. The minimum Gasteiger partial charge on any atom is -0.347 e. The summed E-state index contributed by atoms with van der Waals surface area (Å²) in [4.78, 5) is 25.9. The van der Waals surface area contributed by atoms with Crippen LogP contribution in [0.5, 0.6) is 0 Å². The summed E-state index contributed by atoms with van der Waals surface area (Å²) in [5.74, 6) is -0.414. The van der Waals surface area contributed by atoms with Crippen molar-refractivity contribution in [2.75, 3.05) is 14.1 Å². The molecular weight excluding hydrogens is 304 g/mol. The largest absolute Gasteiger partial charge is 0.347 e. The first-order valence-electron chi connectivity index (χ1n) is 7.91. The van der Waals surface area contributed by atoms with Crippen LogP contribution in [0, 0.1) is 13.8 Å². The van der Waals surface area contributed by atoms with E-state index in [0.29, 0.717) is 17.8 Å². The van der Waals surface area contributed by atoms with Crippen LogP contribution in [0.3, 0.4) is 0 Å². The van der Waals surface area contributed by atoms with Crippen molar-refractivity contribution < 1.29 is 9.59 Å². The topological polar surface area (TPSA) is 67.2 Å². The summed E-state index contributed by atoms with van der Waals surface area (Å²) in [6.45, 7) is 5.96. The number of aryl methyl sites for hydroxylation is 1. The molecule has 1 aromatic carbocycles. The molecule has 0 bridgehead atoms. The van der Waals surface area contributed by atoms with Crippen LogP contribution in [0.15, 0.2) is 30.3 Å². The maximum absolute atomic E-state index is 12.6. The van der Waals surface area contributed by atoms with Crippen molar-refractivity contribution in [2.24, 2.45) is 0 Å². The average Bonchev–Trinajstić information content (AvgIpc) is 2.81. The number of aromatic nitrogens is 2. The van der Waals surface area contributed by atoms with Gasteiger partial charge in [-0.1, -0.05) is 30.3 Å². The van der Waals surface area contributed by atoms with Crippen molar-refractivity contribution in [2.45, 2.75) is 33.4 Å². The molecule has 128 valence electrons. The minimum absolute atomic E-state index is 0.143. The monoisotopic (exact) mass is 328 g/mol. The van der Waals surface area contributed by atoms with Gasteiger partial charge in [0.15, 0.2) is 0 Å². The highest BCUT2D eigenvalue weighted by atomic mass is 16.2. The summed E-state index contributed by atoms with van der Waals surface area (Å²) < 4.78 is 1.82. The van der Waals surface area contributed by atoms with Gasteiger partial charge in [0.1, 0.15) is 6.04 Å². The molecule has 24 heavy (non-hydrogen) atoms. The third kappa shape index (κ3) is 3.82. The number of carbonyl (C=O) groups is 2. The Balaban J connectivity index is 2.19. The maximum Gasteiger partial charge on any atom is 0.255 e. The molecule has 0 spiro atoms. The summed E-state index contributed by atoms with van der Waals surface area (Å²) in [5, 5.41) is 7.23. The SMILES string of the molecule is Cc1nn(Cc2ccccc2)c(C)c1C(=O)N[C@H](C)C(=O)N(C)C. The number of nitrogens with one attached hydrogen (secondary N) is 1. The number of benzene rings is 1. The van der Waals surface area contributed by atoms with Gasteiger partial charge in [-0.05, 0) is 26.3 Å². The zero-order valence-electron chi connectivity index (χ0n) is 14.8. The number of carbonyl (C=O) groups excluding carboxylic acids is 2.